The molecule has 2 aromatic rings. The maximum absolute atomic E-state index is 11.1. The first-order chi connectivity index (χ1) is 10.4. The van der Waals surface area contributed by atoms with Gasteiger partial charge in [-0.05, 0) is 25.0 Å². The molecule has 0 aliphatic carbocycles. The van der Waals surface area contributed by atoms with Crippen molar-refractivity contribution in [3.63, 3.8) is 0 Å². The number of benzene rings is 1. The highest BCUT2D eigenvalue weighted by Crippen LogP contribution is 2.24. The minimum Gasteiger partial charge on any atom is -0.391 e. The molecule has 0 saturated heterocycles. The van der Waals surface area contributed by atoms with Crippen LogP contribution in [0.25, 0.3) is 11.4 Å². The zero-order valence-corrected chi connectivity index (χ0v) is 13.3. The Balaban J connectivity index is 2.44. The Labute approximate surface area is 133 Å². The van der Waals surface area contributed by atoms with Crippen molar-refractivity contribution in [1.82, 2.24) is 14.8 Å². The molecule has 1 amide bonds. The van der Waals surface area contributed by atoms with Crippen molar-refractivity contribution < 1.29 is 9.90 Å². The van der Waals surface area contributed by atoms with Gasteiger partial charge in [-0.25, -0.2) is 9.67 Å². The van der Waals surface area contributed by atoms with Crippen molar-refractivity contribution >= 4 is 17.5 Å². The predicted molar refractivity (Wildman–Crippen MR) is 84.4 cm³/mol. The van der Waals surface area contributed by atoms with E-state index < -0.39 is 12.0 Å². The minimum atomic E-state index is -0.539. The van der Waals surface area contributed by atoms with Crippen LogP contribution in [0.1, 0.15) is 24.7 Å². The van der Waals surface area contributed by atoms with Gasteiger partial charge in [0.15, 0.2) is 11.6 Å². The van der Waals surface area contributed by atoms with Crippen LogP contribution in [0.2, 0.25) is 5.02 Å². The average molecular weight is 323 g/mol. The van der Waals surface area contributed by atoms with Crippen LogP contribution in [0.4, 0.5) is 0 Å². The van der Waals surface area contributed by atoms with Gasteiger partial charge in [0.2, 0.25) is 5.91 Å². The van der Waals surface area contributed by atoms with E-state index in [9.17, 15) is 9.90 Å². The molecule has 1 heterocycles. The highest BCUT2D eigenvalue weighted by Gasteiger charge is 2.16. The fraction of sp³-hybridized carbons (Fsp3) is 0.400. The molecule has 0 fully saturated rings. The molecule has 118 valence electrons. The van der Waals surface area contributed by atoms with Gasteiger partial charge in [0.05, 0.1) is 19.1 Å². The van der Waals surface area contributed by atoms with E-state index in [1.807, 2.05) is 26.0 Å². The van der Waals surface area contributed by atoms with Gasteiger partial charge in [-0.2, -0.15) is 5.10 Å². The quantitative estimate of drug-likeness (QED) is 0.846. The van der Waals surface area contributed by atoms with E-state index in [1.54, 1.807) is 10.7 Å². The van der Waals surface area contributed by atoms with Crippen LogP contribution in [0.15, 0.2) is 18.2 Å². The van der Waals surface area contributed by atoms with Crippen molar-refractivity contribution in [2.45, 2.75) is 39.3 Å². The van der Waals surface area contributed by atoms with E-state index in [0.717, 1.165) is 11.1 Å². The largest absolute Gasteiger partial charge is 0.391 e. The SMILES string of the molecule is CC[C@@H](O)Cn1nc(CC(N)=O)nc1-c1ccc(C)c(Cl)c1. The van der Waals surface area contributed by atoms with Crippen molar-refractivity contribution in [2.24, 2.45) is 5.73 Å². The summed E-state index contributed by atoms with van der Waals surface area (Å²) >= 11 is 6.16. The summed E-state index contributed by atoms with van der Waals surface area (Å²) in [5, 5.41) is 14.8. The lowest BCUT2D eigenvalue weighted by Gasteiger charge is -2.10. The van der Waals surface area contributed by atoms with E-state index in [0.29, 0.717) is 29.6 Å². The van der Waals surface area contributed by atoms with Gasteiger partial charge in [-0.15, -0.1) is 0 Å². The number of primary amides is 1. The third-order valence-electron chi connectivity index (χ3n) is 3.33. The standard InChI is InChI=1S/C15H19ClN4O2/c1-3-11(21)8-20-15(18-14(19-20)7-13(17)22)10-5-4-9(2)12(16)6-10/h4-6,11,21H,3,7-8H2,1-2H3,(H2,17,22)/t11-/m1/s1. The molecule has 0 spiro atoms. The molecule has 0 saturated carbocycles. The van der Waals surface area contributed by atoms with Crippen molar-refractivity contribution in [3.8, 4) is 11.4 Å². The number of aromatic nitrogens is 3. The second-order valence-electron chi connectivity index (χ2n) is 5.20. The molecule has 1 aromatic carbocycles. The number of rotatable bonds is 6. The lowest BCUT2D eigenvalue weighted by molar-refractivity contribution is -0.117. The number of aryl methyl sites for hydroxylation is 1. The molecule has 1 atom stereocenters. The maximum Gasteiger partial charge on any atom is 0.225 e. The van der Waals surface area contributed by atoms with Crippen LogP contribution >= 0.6 is 11.6 Å². The number of aliphatic hydroxyl groups is 1. The third-order valence-corrected chi connectivity index (χ3v) is 3.74. The van der Waals surface area contributed by atoms with Crippen molar-refractivity contribution in [3.05, 3.63) is 34.6 Å². The average Bonchev–Trinajstić information content (AvgIpc) is 2.83. The number of nitrogens with two attached hydrogens (primary N) is 1. The van der Waals surface area contributed by atoms with Gasteiger partial charge in [0, 0.05) is 10.6 Å². The highest BCUT2D eigenvalue weighted by molar-refractivity contribution is 6.31. The Hall–Kier alpha value is -1.92. The number of halogens is 1. The lowest BCUT2D eigenvalue weighted by atomic mass is 10.1. The first-order valence-corrected chi connectivity index (χ1v) is 7.45. The summed E-state index contributed by atoms with van der Waals surface area (Å²) in [7, 11) is 0. The molecule has 7 heteroatoms. The molecule has 0 radical (unpaired) electrons. The summed E-state index contributed by atoms with van der Waals surface area (Å²) in [5.41, 5.74) is 6.94. The lowest BCUT2D eigenvalue weighted by Crippen LogP contribution is -2.18. The van der Waals surface area contributed by atoms with Crippen molar-refractivity contribution in [2.75, 3.05) is 0 Å². The van der Waals surface area contributed by atoms with E-state index >= 15 is 0 Å². The summed E-state index contributed by atoms with van der Waals surface area (Å²) in [6, 6.07) is 5.57. The number of hydrogen-bond donors (Lipinski definition) is 2. The van der Waals surface area contributed by atoms with Crippen LogP contribution in [-0.2, 0) is 17.8 Å². The number of aliphatic hydroxyl groups excluding tert-OH is 1. The fourth-order valence-electron chi connectivity index (χ4n) is 2.02. The van der Waals surface area contributed by atoms with Crippen LogP contribution in [0, 0.1) is 6.92 Å². The molecular weight excluding hydrogens is 304 g/mol. The molecule has 0 aliphatic rings. The Bertz CT molecular complexity index is 684. The fourth-order valence-corrected chi connectivity index (χ4v) is 2.20. The number of carbonyl (C=O) groups excluding carboxylic acids is 1. The Morgan fingerprint density at radius 1 is 1.50 bits per heavy atom. The summed E-state index contributed by atoms with van der Waals surface area (Å²) in [4.78, 5) is 15.4. The smallest absolute Gasteiger partial charge is 0.225 e. The number of amides is 1. The molecule has 6 nitrogen and oxygen atoms in total. The normalized spacial score (nSPS) is 12.4. The Kier molecular flexibility index (Phi) is 5.15. The van der Waals surface area contributed by atoms with Gasteiger partial charge in [0.25, 0.3) is 0 Å². The third kappa shape index (κ3) is 3.84. The van der Waals surface area contributed by atoms with Crippen LogP contribution in [0.3, 0.4) is 0 Å². The molecule has 0 bridgehead atoms. The Morgan fingerprint density at radius 3 is 2.82 bits per heavy atom. The second kappa shape index (κ2) is 6.89. The summed E-state index contributed by atoms with van der Waals surface area (Å²) in [6.07, 6.45) is 0.0174. The van der Waals surface area contributed by atoms with E-state index in [-0.39, 0.29) is 6.42 Å². The zero-order valence-electron chi connectivity index (χ0n) is 12.6. The molecular formula is C15H19ClN4O2. The van der Waals surface area contributed by atoms with Gasteiger partial charge in [0.1, 0.15) is 0 Å². The number of carbonyl (C=O) groups is 1. The zero-order chi connectivity index (χ0) is 16.3. The summed E-state index contributed by atoms with van der Waals surface area (Å²) in [6.45, 7) is 4.09. The topological polar surface area (TPSA) is 94.0 Å². The van der Waals surface area contributed by atoms with Crippen LogP contribution in [-0.4, -0.2) is 31.9 Å². The summed E-state index contributed by atoms with van der Waals surface area (Å²) < 4.78 is 1.59. The molecule has 2 rings (SSSR count). The van der Waals surface area contributed by atoms with Gasteiger partial charge in [-0.3, -0.25) is 4.79 Å². The predicted octanol–water partition coefficient (Wildman–Crippen LogP) is 1.71. The first-order valence-electron chi connectivity index (χ1n) is 7.07. The summed E-state index contributed by atoms with van der Waals surface area (Å²) in [5.74, 6) is 0.398. The minimum absolute atomic E-state index is 0.0399. The van der Waals surface area contributed by atoms with Crippen LogP contribution < -0.4 is 5.73 Å². The number of nitrogens with zero attached hydrogens (tertiary/aromatic N) is 3. The van der Waals surface area contributed by atoms with E-state index in [1.165, 1.54) is 0 Å². The molecule has 22 heavy (non-hydrogen) atoms. The van der Waals surface area contributed by atoms with E-state index in [4.69, 9.17) is 17.3 Å². The van der Waals surface area contributed by atoms with Crippen molar-refractivity contribution in [1.29, 1.82) is 0 Å². The van der Waals surface area contributed by atoms with Crippen LogP contribution in [0.5, 0.6) is 0 Å². The first kappa shape index (κ1) is 16.5. The van der Waals surface area contributed by atoms with Gasteiger partial charge < -0.3 is 10.8 Å². The van der Waals surface area contributed by atoms with E-state index in [2.05, 4.69) is 10.1 Å². The molecule has 0 aliphatic heterocycles. The monoisotopic (exact) mass is 322 g/mol. The molecule has 1 aromatic heterocycles. The van der Waals surface area contributed by atoms with Gasteiger partial charge in [-0.1, -0.05) is 30.7 Å². The maximum atomic E-state index is 11.1. The highest BCUT2D eigenvalue weighted by atomic mass is 35.5. The Morgan fingerprint density at radius 2 is 2.23 bits per heavy atom. The molecule has 3 N–H and O–H groups in total. The molecule has 0 unspecified atom stereocenters. The van der Waals surface area contributed by atoms with Gasteiger partial charge >= 0.3 is 0 Å². The number of hydrogen-bond acceptors (Lipinski definition) is 4. The second-order valence-corrected chi connectivity index (χ2v) is 5.61.